The van der Waals surface area contributed by atoms with Gasteiger partial charge in [-0.25, -0.2) is 0 Å². The fourth-order valence-corrected chi connectivity index (χ4v) is 1.09. The molecule has 0 saturated heterocycles. The topological polar surface area (TPSA) is 69.9 Å². The molecule has 1 aromatic carbocycles. The zero-order valence-corrected chi connectivity index (χ0v) is 8.68. The number of hydrogen-bond donors (Lipinski definition) is 3. The van der Waals surface area contributed by atoms with Gasteiger partial charge in [0, 0.05) is 0 Å². The van der Waals surface area contributed by atoms with E-state index in [0.717, 1.165) is 5.56 Å². The summed E-state index contributed by atoms with van der Waals surface area (Å²) >= 11 is 0. The van der Waals surface area contributed by atoms with Crippen molar-refractivity contribution in [3.63, 3.8) is 0 Å². The zero-order chi connectivity index (χ0) is 11.3. The molecule has 1 rings (SSSR count). The van der Waals surface area contributed by atoms with E-state index in [1.807, 2.05) is 6.92 Å². The smallest absolute Gasteiger partial charge is 0.157 e. The molecule has 15 heavy (non-hydrogen) atoms. The molecule has 0 spiro atoms. The first kappa shape index (κ1) is 11.8. The highest BCUT2D eigenvalue weighted by Gasteiger charge is 2.03. The van der Waals surface area contributed by atoms with Crippen LogP contribution in [0.5, 0.6) is 11.5 Å². The van der Waals surface area contributed by atoms with Crippen molar-refractivity contribution in [2.75, 3.05) is 6.61 Å². The Morgan fingerprint density at radius 3 is 2.60 bits per heavy atom. The molecule has 84 valence electrons. The van der Waals surface area contributed by atoms with Crippen molar-refractivity contribution in [2.45, 2.75) is 26.1 Å². The maximum absolute atomic E-state index is 9.22. The average Bonchev–Trinajstić information content (AvgIpc) is 2.23. The molecular formula is C11H16O4. The lowest BCUT2D eigenvalue weighted by Gasteiger charge is -2.09. The summed E-state index contributed by atoms with van der Waals surface area (Å²) in [7, 11) is 0. The van der Waals surface area contributed by atoms with Crippen LogP contribution < -0.4 is 0 Å². The van der Waals surface area contributed by atoms with Crippen LogP contribution in [0.15, 0.2) is 18.2 Å². The highest BCUT2D eigenvalue weighted by molar-refractivity contribution is 5.40. The van der Waals surface area contributed by atoms with Gasteiger partial charge in [-0.2, -0.15) is 0 Å². The molecule has 0 aromatic heterocycles. The minimum atomic E-state index is -0.448. The summed E-state index contributed by atoms with van der Waals surface area (Å²) in [6, 6.07) is 4.51. The van der Waals surface area contributed by atoms with Gasteiger partial charge in [-0.3, -0.25) is 0 Å². The van der Waals surface area contributed by atoms with Crippen LogP contribution in [0.1, 0.15) is 18.9 Å². The van der Waals surface area contributed by atoms with Crippen LogP contribution in [0, 0.1) is 0 Å². The van der Waals surface area contributed by atoms with Gasteiger partial charge in [0.15, 0.2) is 11.5 Å². The van der Waals surface area contributed by atoms with Gasteiger partial charge in [-0.05, 0) is 24.1 Å². The first-order valence-corrected chi connectivity index (χ1v) is 4.90. The quantitative estimate of drug-likeness (QED) is 0.645. The molecule has 0 radical (unpaired) electrons. The van der Waals surface area contributed by atoms with Crippen LogP contribution in [-0.2, 0) is 11.3 Å². The first-order valence-electron chi connectivity index (χ1n) is 4.90. The minimum Gasteiger partial charge on any atom is -0.504 e. The summed E-state index contributed by atoms with van der Waals surface area (Å²) in [6.45, 7) is 2.46. The van der Waals surface area contributed by atoms with E-state index in [0.29, 0.717) is 13.0 Å². The predicted molar refractivity (Wildman–Crippen MR) is 55.7 cm³/mol. The van der Waals surface area contributed by atoms with Crippen LogP contribution in [0.25, 0.3) is 0 Å². The summed E-state index contributed by atoms with van der Waals surface area (Å²) < 4.78 is 5.22. The van der Waals surface area contributed by atoms with E-state index in [2.05, 4.69) is 0 Å². The van der Waals surface area contributed by atoms with Crippen molar-refractivity contribution in [1.29, 1.82) is 0 Å². The van der Waals surface area contributed by atoms with Gasteiger partial charge in [-0.1, -0.05) is 13.0 Å². The van der Waals surface area contributed by atoms with E-state index in [1.165, 1.54) is 12.1 Å². The number of aromatic hydroxyl groups is 2. The maximum Gasteiger partial charge on any atom is 0.157 e. The Hall–Kier alpha value is -1.26. The lowest BCUT2D eigenvalue weighted by molar-refractivity contribution is 0.0268. The molecule has 0 saturated carbocycles. The molecule has 4 heteroatoms. The minimum absolute atomic E-state index is 0.146. The Balaban J connectivity index is 2.41. The average molecular weight is 212 g/mol. The van der Waals surface area contributed by atoms with Gasteiger partial charge in [0.1, 0.15) is 0 Å². The molecule has 0 aliphatic carbocycles. The second-order valence-electron chi connectivity index (χ2n) is 3.40. The van der Waals surface area contributed by atoms with Crippen LogP contribution in [0.4, 0.5) is 0 Å². The van der Waals surface area contributed by atoms with Gasteiger partial charge in [0.2, 0.25) is 0 Å². The molecule has 0 fully saturated rings. The number of phenols is 2. The third-order valence-electron chi connectivity index (χ3n) is 2.09. The Morgan fingerprint density at radius 1 is 1.27 bits per heavy atom. The van der Waals surface area contributed by atoms with Crippen molar-refractivity contribution in [2.24, 2.45) is 0 Å². The molecule has 0 aliphatic heterocycles. The van der Waals surface area contributed by atoms with E-state index in [1.54, 1.807) is 6.07 Å². The fraction of sp³-hybridized carbons (Fsp3) is 0.455. The molecule has 0 amide bonds. The van der Waals surface area contributed by atoms with E-state index < -0.39 is 6.10 Å². The number of hydrogen-bond acceptors (Lipinski definition) is 4. The number of rotatable bonds is 5. The summed E-state index contributed by atoms with van der Waals surface area (Å²) in [6.07, 6.45) is 0.205. The molecule has 0 heterocycles. The summed E-state index contributed by atoms with van der Waals surface area (Å²) in [5.41, 5.74) is 0.758. The fourth-order valence-electron chi connectivity index (χ4n) is 1.09. The Morgan fingerprint density at radius 2 is 2.00 bits per heavy atom. The van der Waals surface area contributed by atoms with Crippen molar-refractivity contribution in [3.05, 3.63) is 23.8 Å². The predicted octanol–water partition coefficient (Wildman–Crippen LogP) is 1.39. The Kier molecular flexibility index (Phi) is 4.39. The number of aliphatic hydroxyl groups is 1. The number of phenolic OH excluding ortho intramolecular Hbond substituents is 2. The first-order chi connectivity index (χ1) is 7.13. The van der Waals surface area contributed by atoms with Crippen LogP contribution in [0.3, 0.4) is 0 Å². The monoisotopic (exact) mass is 212 g/mol. The van der Waals surface area contributed by atoms with Crippen LogP contribution in [0.2, 0.25) is 0 Å². The lowest BCUT2D eigenvalue weighted by atomic mass is 10.2. The number of ether oxygens (including phenoxy) is 1. The van der Waals surface area contributed by atoms with Crippen molar-refractivity contribution in [3.8, 4) is 11.5 Å². The van der Waals surface area contributed by atoms with E-state index in [9.17, 15) is 10.2 Å². The van der Waals surface area contributed by atoms with Gasteiger partial charge in [0.25, 0.3) is 0 Å². The van der Waals surface area contributed by atoms with Crippen molar-refractivity contribution >= 4 is 0 Å². The highest BCUT2D eigenvalue weighted by Crippen LogP contribution is 2.25. The lowest BCUT2D eigenvalue weighted by Crippen LogP contribution is -2.13. The van der Waals surface area contributed by atoms with Gasteiger partial charge in [0.05, 0.1) is 19.3 Å². The van der Waals surface area contributed by atoms with Crippen LogP contribution >= 0.6 is 0 Å². The largest absolute Gasteiger partial charge is 0.504 e. The molecule has 4 nitrogen and oxygen atoms in total. The molecule has 1 atom stereocenters. The van der Waals surface area contributed by atoms with E-state index in [-0.39, 0.29) is 18.1 Å². The summed E-state index contributed by atoms with van der Waals surface area (Å²) in [5, 5.41) is 27.5. The molecule has 0 aliphatic rings. The van der Waals surface area contributed by atoms with Gasteiger partial charge in [-0.15, -0.1) is 0 Å². The second kappa shape index (κ2) is 5.58. The SMILES string of the molecule is CCC(O)COCc1ccc(O)c(O)c1. The van der Waals surface area contributed by atoms with Gasteiger partial charge >= 0.3 is 0 Å². The van der Waals surface area contributed by atoms with Crippen molar-refractivity contribution < 1.29 is 20.1 Å². The molecule has 1 aromatic rings. The third-order valence-corrected chi connectivity index (χ3v) is 2.09. The van der Waals surface area contributed by atoms with E-state index >= 15 is 0 Å². The second-order valence-corrected chi connectivity index (χ2v) is 3.40. The number of benzene rings is 1. The van der Waals surface area contributed by atoms with E-state index in [4.69, 9.17) is 9.84 Å². The Labute approximate surface area is 88.8 Å². The highest BCUT2D eigenvalue weighted by atomic mass is 16.5. The molecule has 3 N–H and O–H groups in total. The maximum atomic E-state index is 9.22. The van der Waals surface area contributed by atoms with Crippen molar-refractivity contribution in [1.82, 2.24) is 0 Å². The summed E-state index contributed by atoms with van der Waals surface area (Å²) in [4.78, 5) is 0. The molecule has 0 bridgehead atoms. The van der Waals surface area contributed by atoms with Crippen LogP contribution in [-0.4, -0.2) is 28.0 Å². The Bertz CT molecular complexity index is 311. The summed E-state index contributed by atoms with van der Waals surface area (Å²) in [5.74, 6) is -0.306. The zero-order valence-electron chi connectivity index (χ0n) is 8.68. The third kappa shape index (κ3) is 3.77. The normalized spacial score (nSPS) is 12.7. The standard InChI is InChI=1S/C11H16O4/c1-2-9(12)7-15-6-8-3-4-10(13)11(14)5-8/h3-5,9,12-14H,2,6-7H2,1H3. The molecular weight excluding hydrogens is 196 g/mol. The number of aliphatic hydroxyl groups excluding tert-OH is 1. The molecule has 1 unspecified atom stereocenters. The van der Waals surface area contributed by atoms with Gasteiger partial charge < -0.3 is 20.1 Å².